The number of ether oxygens (including phenoxy) is 1. The van der Waals surface area contributed by atoms with Gasteiger partial charge in [0, 0.05) is 26.2 Å². The van der Waals surface area contributed by atoms with Crippen molar-refractivity contribution in [2.45, 2.75) is 38.8 Å². The number of nitriles is 1. The Bertz CT molecular complexity index is 227. The average molecular weight is 225 g/mol. The molecular weight excluding hydrogens is 202 g/mol. The lowest BCUT2D eigenvalue weighted by molar-refractivity contribution is 0.0674. The normalized spacial score (nSPS) is 24.7. The van der Waals surface area contributed by atoms with E-state index in [0.29, 0.717) is 6.10 Å². The van der Waals surface area contributed by atoms with Gasteiger partial charge in [-0.3, -0.25) is 0 Å². The summed E-state index contributed by atoms with van der Waals surface area (Å²) in [5.74, 6) is 0. The van der Waals surface area contributed by atoms with Crippen LogP contribution >= 0.6 is 0 Å². The van der Waals surface area contributed by atoms with Gasteiger partial charge in [0.25, 0.3) is 0 Å². The standard InChI is InChI=1S/C12H23N3O/c1-3-14-12(9-13)5-7-15-6-4-8-16-11(2)10-15/h11-12,14H,3-8,10H2,1-2H3. The van der Waals surface area contributed by atoms with Crippen molar-refractivity contribution in [3.8, 4) is 6.07 Å². The highest BCUT2D eigenvalue weighted by Crippen LogP contribution is 2.06. The molecule has 1 N–H and O–H groups in total. The van der Waals surface area contributed by atoms with E-state index in [1.54, 1.807) is 0 Å². The first-order chi connectivity index (χ1) is 7.76. The molecule has 4 nitrogen and oxygen atoms in total. The summed E-state index contributed by atoms with van der Waals surface area (Å²) in [5, 5.41) is 12.1. The van der Waals surface area contributed by atoms with E-state index in [4.69, 9.17) is 10.00 Å². The smallest absolute Gasteiger partial charge is 0.0965 e. The van der Waals surface area contributed by atoms with Crippen LogP contribution in [0.2, 0.25) is 0 Å². The molecule has 0 bridgehead atoms. The lowest BCUT2D eigenvalue weighted by atomic mass is 10.2. The van der Waals surface area contributed by atoms with Crippen molar-refractivity contribution < 1.29 is 4.74 Å². The van der Waals surface area contributed by atoms with Crippen LogP contribution in [-0.2, 0) is 4.74 Å². The zero-order chi connectivity index (χ0) is 11.8. The molecule has 0 aromatic rings. The highest BCUT2D eigenvalue weighted by Gasteiger charge is 2.16. The summed E-state index contributed by atoms with van der Waals surface area (Å²) in [7, 11) is 0. The Morgan fingerprint density at radius 3 is 3.12 bits per heavy atom. The summed E-state index contributed by atoms with van der Waals surface area (Å²) in [4.78, 5) is 2.40. The SMILES string of the molecule is CCNC(C#N)CCN1CCCOC(C)C1. The minimum absolute atomic E-state index is 0.00974. The predicted molar refractivity (Wildman–Crippen MR) is 64.2 cm³/mol. The summed E-state index contributed by atoms with van der Waals surface area (Å²) >= 11 is 0. The third-order valence-electron chi connectivity index (χ3n) is 2.88. The molecule has 1 saturated heterocycles. The molecule has 0 aromatic carbocycles. The topological polar surface area (TPSA) is 48.3 Å². The van der Waals surface area contributed by atoms with Gasteiger partial charge in [0.15, 0.2) is 0 Å². The maximum atomic E-state index is 8.94. The van der Waals surface area contributed by atoms with Gasteiger partial charge in [0.1, 0.15) is 0 Å². The first-order valence-corrected chi connectivity index (χ1v) is 6.23. The minimum Gasteiger partial charge on any atom is -0.377 e. The largest absolute Gasteiger partial charge is 0.377 e. The number of nitrogens with one attached hydrogen (secondary N) is 1. The van der Waals surface area contributed by atoms with Crippen LogP contribution in [0.15, 0.2) is 0 Å². The van der Waals surface area contributed by atoms with E-state index in [0.717, 1.165) is 45.6 Å². The van der Waals surface area contributed by atoms with Gasteiger partial charge in [-0.2, -0.15) is 5.26 Å². The molecule has 1 aliphatic heterocycles. The van der Waals surface area contributed by atoms with Crippen molar-refractivity contribution in [3.05, 3.63) is 0 Å². The molecular formula is C12H23N3O. The van der Waals surface area contributed by atoms with Crippen molar-refractivity contribution >= 4 is 0 Å². The molecule has 2 unspecified atom stereocenters. The predicted octanol–water partition coefficient (Wildman–Crippen LogP) is 0.989. The van der Waals surface area contributed by atoms with Gasteiger partial charge in [-0.15, -0.1) is 0 Å². The third-order valence-corrected chi connectivity index (χ3v) is 2.88. The van der Waals surface area contributed by atoms with Crippen molar-refractivity contribution in [2.24, 2.45) is 0 Å². The number of hydrogen-bond acceptors (Lipinski definition) is 4. The zero-order valence-electron chi connectivity index (χ0n) is 10.4. The lowest BCUT2D eigenvalue weighted by Crippen LogP contribution is -2.36. The van der Waals surface area contributed by atoms with Crippen LogP contribution in [0.3, 0.4) is 0 Å². The monoisotopic (exact) mass is 225 g/mol. The molecule has 0 aromatic heterocycles. The number of rotatable bonds is 5. The van der Waals surface area contributed by atoms with Gasteiger partial charge in [0.2, 0.25) is 0 Å². The van der Waals surface area contributed by atoms with E-state index in [-0.39, 0.29) is 6.04 Å². The van der Waals surface area contributed by atoms with Crippen molar-refractivity contribution in [2.75, 3.05) is 32.8 Å². The summed E-state index contributed by atoms with van der Waals surface area (Å²) in [6.45, 7) is 8.94. The quantitative estimate of drug-likeness (QED) is 0.758. The molecule has 0 radical (unpaired) electrons. The van der Waals surface area contributed by atoms with Gasteiger partial charge in [-0.1, -0.05) is 6.92 Å². The Hall–Kier alpha value is -0.630. The second-order valence-corrected chi connectivity index (χ2v) is 4.36. The fourth-order valence-corrected chi connectivity index (χ4v) is 2.05. The molecule has 1 aliphatic rings. The Kier molecular flexibility index (Phi) is 6.39. The molecule has 4 heteroatoms. The average Bonchev–Trinajstić information content (AvgIpc) is 2.49. The van der Waals surface area contributed by atoms with Crippen molar-refractivity contribution in [1.82, 2.24) is 10.2 Å². The van der Waals surface area contributed by atoms with Gasteiger partial charge >= 0.3 is 0 Å². The van der Waals surface area contributed by atoms with Gasteiger partial charge in [-0.05, 0) is 26.3 Å². The third kappa shape index (κ3) is 4.93. The van der Waals surface area contributed by atoms with Crippen LogP contribution in [0.25, 0.3) is 0 Å². The van der Waals surface area contributed by atoms with E-state index in [2.05, 4.69) is 23.2 Å². The van der Waals surface area contributed by atoms with Crippen LogP contribution in [-0.4, -0.2) is 49.8 Å². The van der Waals surface area contributed by atoms with E-state index < -0.39 is 0 Å². The fraction of sp³-hybridized carbons (Fsp3) is 0.917. The van der Waals surface area contributed by atoms with Crippen LogP contribution in [0.5, 0.6) is 0 Å². The second-order valence-electron chi connectivity index (χ2n) is 4.36. The lowest BCUT2D eigenvalue weighted by Gasteiger charge is -2.22. The van der Waals surface area contributed by atoms with E-state index in [1.807, 2.05) is 6.92 Å². The van der Waals surface area contributed by atoms with Gasteiger partial charge < -0.3 is 15.0 Å². The maximum absolute atomic E-state index is 8.94. The number of hydrogen-bond donors (Lipinski definition) is 1. The second kappa shape index (κ2) is 7.61. The number of nitrogens with zero attached hydrogens (tertiary/aromatic N) is 2. The summed E-state index contributed by atoms with van der Waals surface area (Å²) in [5.41, 5.74) is 0. The molecule has 0 amide bonds. The van der Waals surface area contributed by atoms with Crippen LogP contribution in [0, 0.1) is 11.3 Å². The molecule has 2 atom stereocenters. The first-order valence-electron chi connectivity index (χ1n) is 6.23. The molecule has 1 fully saturated rings. The summed E-state index contributed by atoms with van der Waals surface area (Å²) in [6.07, 6.45) is 2.32. The minimum atomic E-state index is -0.00974. The molecule has 0 saturated carbocycles. The highest BCUT2D eigenvalue weighted by molar-refractivity contribution is 4.90. The molecule has 0 aliphatic carbocycles. The Morgan fingerprint density at radius 1 is 1.62 bits per heavy atom. The van der Waals surface area contributed by atoms with E-state index in [1.165, 1.54) is 0 Å². The molecule has 1 rings (SSSR count). The van der Waals surface area contributed by atoms with Gasteiger partial charge in [0.05, 0.1) is 18.2 Å². The highest BCUT2D eigenvalue weighted by atomic mass is 16.5. The summed E-state index contributed by atoms with van der Waals surface area (Å²) in [6, 6.07) is 2.29. The molecule has 16 heavy (non-hydrogen) atoms. The molecule has 92 valence electrons. The Morgan fingerprint density at radius 2 is 2.44 bits per heavy atom. The Labute approximate surface area is 98.6 Å². The van der Waals surface area contributed by atoms with E-state index >= 15 is 0 Å². The van der Waals surface area contributed by atoms with Crippen LogP contribution < -0.4 is 5.32 Å². The zero-order valence-corrected chi connectivity index (χ0v) is 10.4. The fourth-order valence-electron chi connectivity index (χ4n) is 2.05. The van der Waals surface area contributed by atoms with Crippen LogP contribution in [0.4, 0.5) is 0 Å². The summed E-state index contributed by atoms with van der Waals surface area (Å²) < 4.78 is 5.59. The van der Waals surface area contributed by atoms with Crippen LogP contribution in [0.1, 0.15) is 26.7 Å². The van der Waals surface area contributed by atoms with Gasteiger partial charge in [-0.25, -0.2) is 0 Å². The van der Waals surface area contributed by atoms with Crippen molar-refractivity contribution in [1.29, 1.82) is 5.26 Å². The molecule has 0 spiro atoms. The first kappa shape index (κ1) is 13.4. The van der Waals surface area contributed by atoms with Crippen molar-refractivity contribution in [3.63, 3.8) is 0 Å². The maximum Gasteiger partial charge on any atom is 0.0965 e. The molecule has 1 heterocycles. The Balaban J connectivity index is 2.27. The van der Waals surface area contributed by atoms with E-state index in [9.17, 15) is 0 Å².